The molecule has 0 unspecified atom stereocenters. The van der Waals surface area contributed by atoms with Crippen molar-refractivity contribution in [2.75, 3.05) is 13.7 Å². The third-order valence-corrected chi connectivity index (χ3v) is 5.79. The van der Waals surface area contributed by atoms with Crippen LogP contribution in [0.4, 0.5) is 0 Å². The molecule has 2 aromatic heterocycles. The fourth-order valence-corrected chi connectivity index (χ4v) is 4.08. The standard InChI is InChI=1S/C23H18ClNO4S/c1-25(13-16-8-5-9-30-16)22(26)14-28-21-12-20-18(10-19(21)24)17(11-23(27)29-20)15-6-3-2-4-7-15/h2-12H,13-14H2,1H3. The van der Waals surface area contributed by atoms with Crippen LogP contribution in [-0.4, -0.2) is 24.5 Å². The molecular formula is C23H18ClNO4S. The lowest BCUT2D eigenvalue weighted by Crippen LogP contribution is -2.30. The minimum atomic E-state index is -0.471. The second-order valence-corrected chi connectivity index (χ2v) is 8.18. The van der Waals surface area contributed by atoms with Gasteiger partial charge in [-0.15, -0.1) is 11.3 Å². The highest BCUT2D eigenvalue weighted by Gasteiger charge is 2.15. The van der Waals surface area contributed by atoms with E-state index in [0.717, 1.165) is 16.0 Å². The summed E-state index contributed by atoms with van der Waals surface area (Å²) in [6.07, 6.45) is 0. The van der Waals surface area contributed by atoms with E-state index in [1.165, 1.54) is 6.07 Å². The van der Waals surface area contributed by atoms with Gasteiger partial charge in [0.25, 0.3) is 5.91 Å². The summed E-state index contributed by atoms with van der Waals surface area (Å²) in [5.74, 6) is 0.106. The van der Waals surface area contributed by atoms with E-state index in [0.29, 0.717) is 22.5 Å². The Morgan fingerprint density at radius 3 is 2.67 bits per heavy atom. The van der Waals surface area contributed by atoms with Crippen LogP contribution in [0, 0.1) is 0 Å². The van der Waals surface area contributed by atoms with Crippen LogP contribution in [0.3, 0.4) is 0 Å². The number of halogens is 1. The van der Waals surface area contributed by atoms with Crippen molar-refractivity contribution in [2.45, 2.75) is 6.54 Å². The summed E-state index contributed by atoms with van der Waals surface area (Å²) in [5, 5.41) is 3.00. The fourth-order valence-electron chi connectivity index (χ4n) is 3.10. The van der Waals surface area contributed by atoms with Crippen LogP contribution in [0.25, 0.3) is 22.1 Å². The summed E-state index contributed by atoms with van der Waals surface area (Å²) >= 11 is 8.00. The number of fused-ring (bicyclic) bond motifs is 1. The monoisotopic (exact) mass is 439 g/mol. The number of rotatable bonds is 6. The van der Waals surface area contributed by atoms with Crippen molar-refractivity contribution >= 4 is 39.8 Å². The normalized spacial score (nSPS) is 10.9. The molecule has 0 aliphatic rings. The van der Waals surface area contributed by atoms with Gasteiger partial charge >= 0.3 is 5.63 Å². The van der Waals surface area contributed by atoms with Crippen molar-refractivity contribution in [2.24, 2.45) is 0 Å². The van der Waals surface area contributed by atoms with Gasteiger partial charge in [-0.25, -0.2) is 4.79 Å². The predicted octanol–water partition coefficient (Wildman–Crippen LogP) is 5.21. The molecular weight excluding hydrogens is 422 g/mol. The number of hydrogen-bond donors (Lipinski definition) is 0. The van der Waals surface area contributed by atoms with Crippen molar-refractivity contribution in [3.63, 3.8) is 0 Å². The number of thiophene rings is 1. The van der Waals surface area contributed by atoms with Crippen molar-refractivity contribution in [1.82, 2.24) is 4.90 Å². The third kappa shape index (κ3) is 4.40. The number of likely N-dealkylation sites (N-methyl/N-ethyl adjacent to an activating group) is 1. The number of ether oxygens (including phenoxy) is 1. The van der Waals surface area contributed by atoms with Crippen molar-refractivity contribution in [1.29, 1.82) is 0 Å². The van der Waals surface area contributed by atoms with E-state index in [2.05, 4.69) is 0 Å². The number of hydrogen-bond acceptors (Lipinski definition) is 5. The summed E-state index contributed by atoms with van der Waals surface area (Å²) in [5.41, 5.74) is 1.48. The van der Waals surface area contributed by atoms with Gasteiger partial charge < -0.3 is 14.1 Å². The Hall–Kier alpha value is -3.09. The van der Waals surface area contributed by atoms with Gasteiger partial charge in [0.05, 0.1) is 11.6 Å². The molecule has 30 heavy (non-hydrogen) atoms. The third-order valence-electron chi connectivity index (χ3n) is 4.63. The lowest BCUT2D eigenvalue weighted by molar-refractivity contribution is -0.132. The van der Waals surface area contributed by atoms with Gasteiger partial charge in [-0.2, -0.15) is 0 Å². The van der Waals surface area contributed by atoms with Crippen molar-refractivity contribution in [3.05, 3.63) is 86.4 Å². The highest BCUT2D eigenvalue weighted by molar-refractivity contribution is 7.09. The molecule has 2 aromatic carbocycles. The zero-order valence-electron chi connectivity index (χ0n) is 16.1. The SMILES string of the molecule is CN(Cc1cccs1)C(=O)COc1cc2oc(=O)cc(-c3ccccc3)c2cc1Cl. The van der Waals surface area contributed by atoms with Crippen LogP contribution < -0.4 is 10.4 Å². The zero-order valence-corrected chi connectivity index (χ0v) is 17.7. The quantitative estimate of drug-likeness (QED) is 0.387. The summed E-state index contributed by atoms with van der Waals surface area (Å²) in [6, 6.07) is 18.1. The molecule has 0 radical (unpaired) electrons. The van der Waals surface area contributed by atoms with Crippen LogP contribution in [0.5, 0.6) is 5.75 Å². The van der Waals surface area contributed by atoms with Gasteiger partial charge in [0.1, 0.15) is 11.3 Å². The van der Waals surface area contributed by atoms with Gasteiger partial charge in [-0.05, 0) is 28.6 Å². The van der Waals surface area contributed by atoms with E-state index in [1.807, 2.05) is 47.8 Å². The second-order valence-electron chi connectivity index (χ2n) is 6.74. The fraction of sp³-hybridized carbons (Fsp3) is 0.130. The molecule has 1 amide bonds. The molecule has 4 rings (SSSR count). The smallest absolute Gasteiger partial charge is 0.336 e. The molecule has 0 bridgehead atoms. The van der Waals surface area contributed by atoms with Gasteiger partial charge in [0.2, 0.25) is 0 Å². The molecule has 5 nitrogen and oxygen atoms in total. The first-order valence-corrected chi connectivity index (χ1v) is 10.5. The first-order valence-electron chi connectivity index (χ1n) is 9.23. The number of benzene rings is 2. The summed E-state index contributed by atoms with van der Waals surface area (Å²) in [4.78, 5) is 27.2. The van der Waals surface area contributed by atoms with Gasteiger partial charge in [-0.1, -0.05) is 48.0 Å². The minimum absolute atomic E-state index is 0.171. The minimum Gasteiger partial charge on any atom is -0.482 e. The van der Waals surface area contributed by atoms with E-state index >= 15 is 0 Å². The summed E-state index contributed by atoms with van der Waals surface area (Å²) in [6.45, 7) is 0.344. The molecule has 4 aromatic rings. The maximum atomic E-state index is 12.4. The number of carbonyl (C=O) groups excluding carboxylic acids is 1. The molecule has 0 saturated carbocycles. The Morgan fingerprint density at radius 1 is 1.13 bits per heavy atom. The maximum absolute atomic E-state index is 12.4. The summed E-state index contributed by atoms with van der Waals surface area (Å²) < 4.78 is 11.0. The number of nitrogens with zero attached hydrogens (tertiary/aromatic N) is 1. The van der Waals surface area contributed by atoms with Crippen LogP contribution in [0.15, 0.2) is 75.3 Å². The Kier molecular flexibility index (Phi) is 5.88. The van der Waals surface area contributed by atoms with Crippen LogP contribution >= 0.6 is 22.9 Å². The molecule has 0 atom stereocenters. The van der Waals surface area contributed by atoms with E-state index in [4.69, 9.17) is 20.8 Å². The highest BCUT2D eigenvalue weighted by Crippen LogP contribution is 2.34. The maximum Gasteiger partial charge on any atom is 0.336 e. The summed E-state index contributed by atoms with van der Waals surface area (Å²) in [7, 11) is 1.72. The molecule has 0 fully saturated rings. The van der Waals surface area contributed by atoms with Crippen LogP contribution in [-0.2, 0) is 11.3 Å². The number of amides is 1. The molecule has 0 aliphatic heterocycles. The van der Waals surface area contributed by atoms with Crippen molar-refractivity contribution in [3.8, 4) is 16.9 Å². The van der Waals surface area contributed by atoms with Gasteiger partial charge in [0, 0.05) is 29.4 Å². The molecule has 152 valence electrons. The average Bonchev–Trinajstić information content (AvgIpc) is 3.25. The Morgan fingerprint density at radius 2 is 1.93 bits per heavy atom. The Labute approximate surface area is 182 Å². The second kappa shape index (κ2) is 8.73. The van der Waals surface area contributed by atoms with E-state index in [1.54, 1.807) is 35.4 Å². The van der Waals surface area contributed by atoms with Gasteiger partial charge in [-0.3, -0.25) is 4.79 Å². The van der Waals surface area contributed by atoms with E-state index in [9.17, 15) is 9.59 Å². The molecule has 2 heterocycles. The molecule has 7 heteroatoms. The van der Waals surface area contributed by atoms with E-state index in [-0.39, 0.29) is 18.3 Å². The molecule has 0 spiro atoms. The topological polar surface area (TPSA) is 59.8 Å². The van der Waals surface area contributed by atoms with Crippen LogP contribution in [0.1, 0.15) is 4.88 Å². The molecule has 0 N–H and O–H groups in total. The predicted molar refractivity (Wildman–Crippen MR) is 119 cm³/mol. The largest absolute Gasteiger partial charge is 0.482 e. The van der Waals surface area contributed by atoms with Crippen molar-refractivity contribution < 1.29 is 13.9 Å². The first kappa shape index (κ1) is 20.2. The van der Waals surface area contributed by atoms with Gasteiger partial charge in [0.15, 0.2) is 6.61 Å². The zero-order chi connectivity index (χ0) is 21.1. The highest BCUT2D eigenvalue weighted by atomic mass is 35.5. The lowest BCUT2D eigenvalue weighted by atomic mass is 10.0. The lowest BCUT2D eigenvalue weighted by Gasteiger charge is -2.17. The Bertz CT molecular complexity index is 1240. The van der Waals surface area contributed by atoms with E-state index < -0.39 is 5.63 Å². The first-order chi connectivity index (χ1) is 14.5. The average molecular weight is 440 g/mol. The Balaban J connectivity index is 1.57. The number of carbonyl (C=O) groups is 1. The van der Waals surface area contributed by atoms with Crippen LogP contribution in [0.2, 0.25) is 5.02 Å². The molecule has 0 saturated heterocycles. The molecule has 0 aliphatic carbocycles.